The summed E-state index contributed by atoms with van der Waals surface area (Å²) in [5, 5.41) is 11.7. The fourth-order valence-corrected chi connectivity index (χ4v) is 3.63. The molecule has 7 nitrogen and oxygen atoms in total. The molecule has 1 aliphatic rings. The number of halogens is 3. The van der Waals surface area contributed by atoms with Gasteiger partial charge in [-0.15, -0.1) is 5.10 Å². The van der Waals surface area contributed by atoms with E-state index in [1.807, 2.05) is 0 Å². The van der Waals surface area contributed by atoms with Gasteiger partial charge in [0.25, 0.3) is 0 Å². The molecule has 0 saturated heterocycles. The monoisotopic (exact) mass is 415 g/mol. The summed E-state index contributed by atoms with van der Waals surface area (Å²) in [6.07, 6.45) is -2.73. The van der Waals surface area contributed by atoms with Gasteiger partial charge in [-0.1, -0.05) is 11.8 Å². The molecular formula is C17H20F3N5O2S. The third kappa shape index (κ3) is 5.15. The molecule has 0 N–H and O–H groups in total. The van der Waals surface area contributed by atoms with Crippen LogP contribution in [0.15, 0.2) is 29.4 Å². The molecule has 1 heterocycles. The molecular weight excluding hydrogens is 395 g/mol. The minimum absolute atomic E-state index is 0.140. The maximum Gasteiger partial charge on any atom is 0.406 e. The lowest BCUT2D eigenvalue weighted by Gasteiger charge is -2.30. The number of rotatable bonds is 8. The third-order valence-corrected chi connectivity index (χ3v) is 5.45. The van der Waals surface area contributed by atoms with Gasteiger partial charge in [0.2, 0.25) is 11.1 Å². The van der Waals surface area contributed by atoms with Crippen molar-refractivity contribution < 1.29 is 22.7 Å². The highest BCUT2D eigenvalue weighted by molar-refractivity contribution is 7.99. The fourth-order valence-electron chi connectivity index (χ4n) is 2.85. The first-order valence-electron chi connectivity index (χ1n) is 8.70. The normalized spacial score (nSPS) is 15.3. The van der Waals surface area contributed by atoms with Crippen LogP contribution in [0.25, 0.3) is 5.69 Å². The van der Waals surface area contributed by atoms with Crippen LogP contribution in [0.1, 0.15) is 19.8 Å². The van der Waals surface area contributed by atoms with E-state index in [4.69, 9.17) is 4.74 Å². The smallest absolute Gasteiger partial charge is 0.406 e. The Bertz CT molecular complexity index is 808. The molecule has 1 fully saturated rings. The molecule has 0 aliphatic heterocycles. The number of carbonyl (C=O) groups excluding carboxylic acids is 1. The second-order valence-corrected chi connectivity index (χ2v) is 7.52. The molecule has 1 saturated carbocycles. The number of methoxy groups -OCH3 is 1. The van der Waals surface area contributed by atoms with Crippen molar-refractivity contribution in [1.82, 2.24) is 25.1 Å². The van der Waals surface area contributed by atoms with E-state index in [0.29, 0.717) is 16.6 Å². The van der Waals surface area contributed by atoms with Crippen LogP contribution < -0.4 is 4.74 Å². The van der Waals surface area contributed by atoms with Gasteiger partial charge in [0, 0.05) is 6.04 Å². The zero-order valence-electron chi connectivity index (χ0n) is 15.4. The van der Waals surface area contributed by atoms with Crippen molar-refractivity contribution in [3.8, 4) is 11.4 Å². The average Bonchev–Trinajstić information content (AvgIpc) is 3.41. The molecule has 0 bridgehead atoms. The third-order valence-electron chi connectivity index (χ3n) is 4.55. The van der Waals surface area contributed by atoms with Crippen LogP contribution >= 0.6 is 11.8 Å². The molecule has 1 aliphatic carbocycles. The van der Waals surface area contributed by atoms with Gasteiger partial charge in [-0.25, -0.2) is 0 Å². The number of benzene rings is 1. The van der Waals surface area contributed by atoms with Gasteiger partial charge in [-0.2, -0.15) is 17.9 Å². The van der Waals surface area contributed by atoms with Gasteiger partial charge in [0.1, 0.15) is 12.3 Å². The summed E-state index contributed by atoms with van der Waals surface area (Å²) in [6.45, 7) is 0.431. The van der Waals surface area contributed by atoms with E-state index in [0.717, 1.165) is 29.5 Å². The van der Waals surface area contributed by atoms with Crippen molar-refractivity contribution in [2.75, 3.05) is 19.4 Å². The quantitative estimate of drug-likeness (QED) is 0.618. The van der Waals surface area contributed by atoms with E-state index in [1.54, 1.807) is 38.3 Å². The molecule has 152 valence electrons. The number of ether oxygens (including phenoxy) is 1. The minimum Gasteiger partial charge on any atom is -0.497 e. The highest BCUT2D eigenvalue weighted by atomic mass is 32.2. The lowest BCUT2D eigenvalue weighted by atomic mass is 10.2. The van der Waals surface area contributed by atoms with Crippen LogP contribution in [0, 0.1) is 5.92 Å². The Morgan fingerprint density at radius 2 is 2.04 bits per heavy atom. The maximum absolute atomic E-state index is 12.9. The molecule has 0 spiro atoms. The lowest BCUT2D eigenvalue weighted by Crippen LogP contribution is -2.46. The molecule has 1 unspecified atom stereocenters. The standard InChI is InChI=1S/C17H20F3N5O2S/c1-11(12-3-4-12)24(10-17(18,19)20)15(26)9-28-16-21-22-23-25(16)13-5-7-14(27-2)8-6-13/h5-8,11-12H,3-4,9-10H2,1-2H3. The number of carbonyl (C=O) groups is 1. The van der Waals surface area contributed by atoms with Crippen molar-refractivity contribution in [1.29, 1.82) is 0 Å². The Hall–Kier alpha value is -2.30. The summed E-state index contributed by atoms with van der Waals surface area (Å²) in [4.78, 5) is 13.5. The van der Waals surface area contributed by atoms with Crippen molar-refractivity contribution in [3.05, 3.63) is 24.3 Å². The molecule has 28 heavy (non-hydrogen) atoms. The Balaban J connectivity index is 1.68. The highest BCUT2D eigenvalue weighted by Gasteiger charge is 2.40. The number of aromatic nitrogens is 4. The molecule has 11 heteroatoms. The topological polar surface area (TPSA) is 73.1 Å². The summed E-state index contributed by atoms with van der Waals surface area (Å²) >= 11 is 1.01. The number of hydrogen-bond donors (Lipinski definition) is 0. The molecule has 3 rings (SSSR count). The summed E-state index contributed by atoms with van der Waals surface area (Å²) in [6, 6.07) is 6.52. The summed E-state index contributed by atoms with van der Waals surface area (Å²) < 4.78 is 45.3. The van der Waals surface area contributed by atoms with Gasteiger partial charge < -0.3 is 9.64 Å². The van der Waals surface area contributed by atoms with E-state index >= 15 is 0 Å². The van der Waals surface area contributed by atoms with E-state index < -0.39 is 24.7 Å². The lowest BCUT2D eigenvalue weighted by molar-refractivity contribution is -0.164. The molecule has 1 atom stereocenters. The van der Waals surface area contributed by atoms with Crippen LogP contribution in [0.3, 0.4) is 0 Å². The van der Waals surface area contributed by atoms with E-state index in [-0.39, 0.29) is 11.7 Å². The second-order valence-electron chi connectivity index (χ2n) is 6.57. The number of nitrogens with zero attached hydrogens (tertiary/aromatic N) is 5. The zero-order chi connectivity index (χ0) is 20.3. The van der Waals surface area contributed by atoms with Gasteiger partial charge in [0.05, 0.1) is 18.6 Å². The molecule has 0 radical (unpaired) electrons. The number of tetrazole rings is 1. The first kappa shape index (κ1) is 20.4. The van der Waals surface area contributed by atoms with Crippen LogP contribution in [0.5, 0.6) is 5.75 Å². The summed E-state index contributed by atoms with van der Waals surface area (Å²) in [5.41, 5.74) is 0.652. The number of alkyl halides is 3. The molecule has 1 aromatic carbocycles. The van der Waals surface area contributed by atoms with Crippen LogP contribution in [0.4, 0.5) is 13.2 Å². The van der Waals surface area contributed by atoms with Gasteiger partial charge >= 0.3 is 6.18 Å². The Kier molecular flexibility index (Phi) is 6.11. The average molecular weight is 415 g/mol. The predicted molar refractivity (Wildman–Crippen MR) is 96.4 cm³/mol. The molecule has 1 aromatic heterocycles. The summed E-state index contributed by atoms with van der Waals surface area (Å²) in [5.74, 6) is 0.0499. The van der Waals surface area contributed by atoms with Crippen molar-refractivity contribution in [2.24, 2.45) is 5.92 Å². The van der Waals surface area contributed by atoms with Crippen molar-refractivity contribution in [2.45, 2.75) is 37.1 Å². The van der Waals surface area contributed by atoms with Crippen molar-refractivity contribution >= 4 is 17.7 Å². The minimum atomic E-state index is -4.44. The van der Waals surface area contributed by atoms with E-state index in [1.165, 1.54) is 4.68 Å². The van der Waals surface area contributed by atoms with Crippen molar-refractivity contribution in [3.63, 3.8) is 0 Å². The maximum atomic E-state index is 12.9. The van der Waals surface area contributed by atoms with E-state index in [9.17, 15) is 18.0 Å². The van der Waals surface area contributed by atoms with Gasteiger partial charge in [-0.3, -0.25) is 4.79 Å². The second kappa shape index (κ2) is 8.38. The van der Waals surface area contributed by atoms with Gasteiger partial charge in [-0.05, 0) is 60.4 Å². The van der Waals surface area contributed by atoms with E-state index in [2.05, 4.69) is 15.5 Å². The van der Waals surface area contributed by atoms with Crippen LogP contribution in [-0.2, 0) is 4.79 Å². The number of thioether (sulfide) groups is 1. The molecule has 1 amide bonds. The Morgan fingerprint density at radius 3 is 2.61 bits per heavy atom. The largest absolute Gasteiger partial charge is 0.497 e. The van der Waals surface area contributed by atoms with Crippen LogP contribution in [-0.4, -0.2) is 62.6 Å². The Morgan fingerprint density at radius 1 is 1.36 bits per heavy atom. The number of hydrogen-bond acceptors (Lipinski definition) is 6. The first-order chi connectivity index (χ1) is 13.3. The molecule has 2 aromatic rings. The Labute approximate surface area is 164 Å². The summed E-state index contributed by atoms with van der Waals surface area (Å²) in [7, 11) is 1.55. The van der Waals surface area contributed by atoms with Gasteiger partial charge in [0.15, 0.2) is 0 Å². The SMILES string of the molecule is COc1ccc(-n2nnnc2SCC(=O)N(CC(F)(F)F)C(C)C2CC2)cc1. The number of amides is 1. The zero-order valence-corrected chi connectivity index (χ0v) is 16.2. The highest BCUT2D eigenvalue weighted by Crippen LogP contribution is 2.36. The van der Waals surface area contributed by atoms with Crippen LogP contribution in [0.2, 0.25) is 0 Å². The first-order valence-corrected chi connectivity index (χ1v) is 9.69. The predicted octanol–water partition coefficient (Wildman–Crippen LogP) is 2.95. The fraction of sp³-hybridized carbons (Fsp3) is 0.529.